The van der Waals surface area contributed by atoms with Crippen LogP contribution < -0.4 is 5.32 Å². The van der Waals surface area contributed by atoms with E-state index >= 15 is 0 Å². The van der Waals surface area contributed by atoms with Gasteiger partial charge in [-0.25, -0.2) is 19.5 Å². The minimum absolute atomic E-state index is 0.00720. The van der Waals surface area contributed by atoms with E-state index in [1.54, 1.807) is 10.7 Å². The first-order valence-corrected chi connectivity index (χ1v) is 11.4. The number of nitrogens with zero attached hydrogens (tertiary/aromatic N) is 6. The van der Waals surface area contributed by atoms with E-state index in [1.807, 2.05) is 67.4 Å². The van der Waals surface area contributed by atoms with E-state index in [2.05, 4.69) is 25.4 Å². The highest BCUT2D eigenvalue weighted by Crippen LogP contribution is 2.20. The fraction of sp³-hybridized carbons (Fsp3) is 0.320. The molecule has 0 aliphatic carbocycles. The van der Waals surface area contributed by atoms with Gasteiger partial charge in [0.2, 0.25) is 0 Å². The maximum Gasteiger partial charge on any atom is 0.254 e. The molecule has 1 fully saturated rings. The van der Waals surface area contributed by atoms with Gasteiger partial charge >= 0.3 is 0 Å². The van der Waals surface area contributed by atoms with Crippen LogP contribution >= 0.6 is 0 Å². The van der Waals surface area contributed by atoms with Gasteiger partial charge in [0.1, 0.15) is 11.6 Å². The first kappa shape index (κ1) is 22.0. The van der Waals surface area contributed by atoms with Crippen LogP contribution in [-0.4, -0.2) is 61.7 Å². The molecule has 4 aromatic rings. The molecule has 1 amide bonds. The molecule has 1 N–H and O–H groups in total. The van der Waals surface area contributed by atoms with Crippen LogP contribution in [0, 0.1) is 19.8 Å². The molecule has 1 aliphatic heterocycles. The summed E-state index contributed by atoms with van der Waals surface area (Å²) < 4.78 is 7.60. The zero-order valence-corrected chi connectivity index (χ0v) is 19.3. The summed E-state index contributed by atoms with van der Waals surface area (Å²) in [5, 5.41) is 7.92. The largest absolute Gasteiger partial charge is 0.379 e. The van der Waals surface area contributed by atoms with Crippen molar-refractivity contribution < 1.29 is 9.53 Å². The van der Waals surface area contributed by atoms with Gasteiger partial charge in [0.25, 0.3) is 5.91 Å². The second-order valence-electron chi connectivity index (χ2n) is 8.60. The van der Waals surface area contributed by atoms with Crippen LogP contribution in [0.5, 0.6) is 0 Å². The highest BCUT2D eigenvalue weighted by molar-refractivity contribution is 5.95. The lowest BCUT2D eigenvalue weighted by atomic mass is 10.0. The quantitative estimate of drug-likeness (QED) is 0.491. The third-order valence-corrected chi connectivity index (χ3v) is 5.78. The lowest BCUT2D eigenvalue weighted by Gasteiger charge is -2.24. The molecule has 34 heavy (non-hydrogen) atoms. The number of aryl methyl sites for hydroxylation is 2. The van der Waals surface area contributed by atoms with Gasteiger partial charge in [0.15, 0.2) is 5.65 Å². The Morgan fingerprint density at radius 3 is 2.97 bits per heavy atom. The topological polar surface area (TPSA) is 97.5 Å². The molecule has 4 heterocycles. The van der Waals surface area contributed by atoms with Gasteiger partial charge in [-0.3, -0.25) is 4.79 Å². The van der Waals surface area contributed by atoms with Gasteiger partial charge in [-0.15, -0.1) is 0 Å². The van der Waals surface area contributed by atoms with E-state index < -0.39 is 0 Å². The molecule has 174 valence electrons. The Balaban J connectivity index is 1.29. The normalized spacial score (nSPS) is 16.4. The number of hydrogen-bond donors (Lipinski definition) is 1. The van der Waals surface area contributed by atoms with Crippen molar-refractivity contribution in [2.24, 2.45) is 5.92 Å². The monoisotopic (exact) mass is 457 g/mol. The Labute approximate surface area is 197 Å². The Kier molecular flexibility index (Phi) is 6.18. The van der Waals surface area contributed by atoms with Crippen molar-refractivity contribution in [3.05, 3.63) is 77.6 Å². The fourth-order valence-corrected chi connectivity index (χ4v) is 4.29. The SMILES string of the molecule is Cc1cc(Nc2cccc(C(=O)N3CCOC[C@H](Cc4ccc5nccn5n4)C3)c2)nc(C)n1. The number of carbonyl (C=O) groups excluding carboxylic acids is 1. The Hall–Kier alpha value is -3.85. The van der Waals surface area contributed by atoms with E-state index in [4.69, 9.17) is 4.74 Å². The summed E-state index contributed by atoms with van der Waals surface area (Å²) in [5.74, 6) is 1.56. The molecule has 9 nitrogen and oxygen atoms in total. The number of amides is 1. The van der Waals surface area contributed by atoms with Crippen LogP contribution in [0.4, 0.5) is 11.5 Å². The van der Waals surface area contributed by atoms with Gasteiger partial charge < -0.3 is 15.0 Å². The molecular formula is C25H27N7O2. The highest BCUT2D eigenvalue weighted by atomic mass is 16.5. The summed E-state index contributed by atoms with van der Waals surface area (Å²) in [7, 11) is 0. The minimum atomic E-state index is -0.00720. The van der Waals surface area contributed by atoms with E-state index in [0.717, 1.165) is 29.1 Å². The second-order valence-corrected chi connectivity index (χ2v) is 8.60. The minimum Gasteiger partial charge on any atom is -0.379 e. The second kappa shape index (κ2) is 9.56. The molecule has 3 aromatic heterocycles. The van der Waals surface area contributed by atoms with Crippen molar-refractivity contribution in [2.45, 2.75) is 20.3 Å². The molecule has 0 saturated carbocycles. The Bertz CT molecular complexity index is 1300. The van der Waals surface area contributed by atoms with Gasteiger partial charge in [-0.2, -0.15) is 5.10 Å². The maximum atomic E-state index is 13.4. The number of carbonyl (C=O) groups is 1. The van der Waals surface area contributed by atoms with Gasteiger partial charge in [0.05, 0.1) is 18.9 Å². The highest BCUT2D eigenvalue weighted by Gasteiger charge is 2.24. The zero-order chi connectivity index (χ0) is 23.5. The smallest absolute Gasteiger partial charge is 0.254 e. The lowest BCUT2D eigenvalue weighted by Crippen LogP contribution is -2.36. The molecule has 5 rings (SSSR count). The number of anilines is 2. The van der Waals surface area contributed by atoms with Crippen molar-refractivity contribution >= 4 is 23.1 Å². The molecule has 1 aromatic carbocycles. The third-order valence-electron chi connectivity index (χ3n) is 5.78. The number of ether oxygens (including phenoxy) is 1. The van der Waals surface area contributed by atoms with Crippen molar-refractivity contribution in [1.29, 1.82) is 0 Å². The predicted molar refractivity (Wildman–Crippen MR) is 128 cm³/mol. The number of fused-ring (bicyclic) bond motifs is 1. The lowest BCUT2D eigenvalue weighted by molar-refractivity contribution is 0.0737. The van der Waals surface area contributed by atoms with Crippen LogP contribution in [0.15, 0.2) is 54.9 Å². The van der Waals surface area contributed by atoms with E-state index in [0.29, 0.717) is 43.5 Å². The zero-order valence-electron chi connectivity index (χ0n) is 19.3. The summed E-state index contributed by atoms with van der Waals surface area (Å²) in [5.41, 5.74) is 4.10. The van der Waals surface area contributed by atoms with Crippen molar-refractivity contribution in [3.63, 3.8) is 0 Å². The molecule has 0 unspecified atom stereocenters. The standard InChI is InChI=1S/C25H27N7O2/c1-17-12-23(28-18(2)27-17)29-21-5-3-4-20(14-21)25(33)31-10-11-34-16-19(15-31)13-22-6-7-24-26-8-9-32(24)30-22/h3-9,12,14,19H,10-11,13,15-16H2,1-2H3,(H,27,28,29)/t19-/m1/s1. The summed E-state index contributed by atoms with van der Waals surface area (Å²) in [6, 6.07) is 13.4. The van der Waals surface area contributed by atoms with Crippen LogP contribution in [0.1, 0.15) is 27.6 Å². The summed E-state index contributed by atoms with van der Waals surface area (Å²) in [6.45, 7) is 6.09. The van der Waals surface area contributed by atoms with Crippen LogP contribution in [0.2, 0.25) is 0 Å². The summed E-state index contributed by atoms with van der Waals surface area (Å²) in [6.07, 6.45) is 4.30. The maximum absolute atomic E-state index is 13.4. The molecule has 1 saturated heterocycles. The van der Waals surface area contributed by atoms with Crippen LogP contribution in [-0.2, 0) is 11.2 Å². The summed E-state index contributed by atoms with van der Waals surface area (Å²) in [4.78, 5) is 28.2. The third kappa shape index (κ3) is 5.04. The fourth-order valence-electron chi connectivity index (χ4n) is 4.29. The molecule has 1 aliphatic rings. The summed E-state index contributed by atoms with van der Waals surface area (Å²) >= 11 is 0. The molecular weight excluding hydrogens is 430 g/mol. The predicted octanol–water partition coefficient (Wildman–Crippen LogP) is 3.21. The Morgan fingerprint density at radius 1 is 1.18 bits per heavy atom. The molecule has 0 bridgehead atoms. The molecule has 0 radical (unpaired) electrons. The van der Waals surface area contributed by atoms with Crippen LogP contribution in [0.25, 0.3) is 5.65 Å². The van der Waals surface area contributed by atoms with E-state index in [9.17, 15) is 4.79 Å². The first-order chi connectivity index (χ1) is 16.5. The van der Waals surface area contributed by atoms with Crippen molar-refractivity contribution in [3.8, 4) is 0 Å². The van der Waals surface area contributed by atoms with Gasteiger partial charge in [-0.05, 0) is 50.6 Å². The van der Waals surface area contributed by atoms with Crippen molar-refractivity contribution in [2.75, 3.05) is 31.6 Å². The number of hydrogen-bond acceptors (Lipinski definition) is 7. The van der Waals surface area contributed by atoms with E-state index in [-0.39, 0.29) is 11.8 Å². The first-order valence-electron chi connectivity index (χ1n) is 11.4. The van der Waals surface area contributed by atoms with E-state index in [1.165, 1.54) is 0 Å². The number of nitrogens with one attached hydrogen (secondary N) is 1. The van der Waals surface area contributed by atoms with Gasteiger partial charge in [-0.1, -0.05) is 6.07 Å². The molecule has 9 heteroatoms. The number of imidazole rings is 1. The number of rotatable bonds is 5. The number of benzene rings is 1. The van der Waals surface area contributed by atoms with Gasteiger partial charge in [0, 0.05) is 54.4 Å². The molecule has 1 atom stereocenters. The Morgan fingerprint density at radius 2 is 2.09 bits per heavy atom. The average molecular weight is 458 g/mol. The average Bonchev–Trinajstić information content (AvgIpc) is 3.15. The number of aromatic nitrogens is 5. The molecule has 0 spiro atoms. The van der Waals surface area contributed by atoms with Crippen molar-refractivity contribution in [1.82, 2.24) is 29.5 Å². The van der Waals surface area contributed by atoms with Crippen LogP contribution in [0.3, 0.4) is 0 Å².